The molecule has 1 rings (SSSR count). The summed E-state index contributed by atoms with van der Waals surface area (Å²) in [5, 5.41) is 21.9. The van der Waals surface area contributed by atoms with Gasteiger partial charge in [0.25, 0.3) is 0 Å². The van der Waals surface area contributed by atoms with Gasteiger partial charge in [-0.1, -0.05) is 0 Å². The molecule has 1 aromatic rings. The molecule has 0 saturated carbocycles. The molecule has 0 amide bonds. The summed E-state index contributed by atoms with van der Waals surface area (Å²) in [7, 11) is 0. The predicted octanol–water partition coefficient (Wildman–Crippen LogP) is -0.722. The molecule has 1 aromatic heterocycles. The van der Waals surface area contributed by atoms with Gasteiger partial charge in [0.15, 0.2) is 0 Å². The van der Waals surface area contributed by atoms with E-state index in [2.05, 4.69) is 15.1 Å². The van der Waals surface area contributed by atoms with Crippen molar-refractivity contribution in [1.82, 2.24) is 14.8 Å². The Balaban J connectivity index is 2.72. The second-order valence-corrected chi connectivity index (χ2v) is 3.56. The van der Waals surface area contributed by atoms with E-state index in [1.165, 1.54) is 6.33 Å². The molecule has 0 aromatic carbocycles. The number of aromatic nitrogens is 3. The zero-order valence-corrected chi connectivity index (χ0v) is 9.24. The van der Waals surface area contributed by atoms with Crippen molar-refractivity contribution in [3.05, 3.63) is 6.33 Å². The average Bonchev–Trinajstić information content (AvgIpc) is 2.64. The van der Waals surface area contributed by atoms with Crippen molar-refractivity contribution in [3.63, 3.8) is 0 Å². The summed E-state index contributed by atoms with van der Waals surface area (Å²) >= 11 is 0. The van der Waals surface area contributed by atoms with Gasteiger partial charge in [-0.2, -0.15) is 15.1 Å². The number of amidine groups is 1. The minimum Gasteiger partial charge on any atom is -0.396 e. The molecule has 0 fully saturated rings. The van der Waals surface area contributed by atoms with Crippen molar-refractivity contribution in [2.45, 2.75) is 19.9 Å². The van der Waals surface area contributed by atoms with E-state index >= 15 is 0 Å². The lowest BCUT2D eigenvalue weighted by Crippen LogP contribution is -2.17. The molecule has 0 aliphatic rings. The van der Waals surface area contributed by atoms with Crippen LogP contribution in [0.25, 0.3) is 0 Å². The number of nitrogens with two attached hydrogens (primary N) is 1. The molecule has 4 N–H and O–H groups in total. The largest absolute Gasteiger partial charge is 0.396 e. The number of nitrogens with zero attached hydrogens (tertiary/aromatic N) is 4. The van der Waals surface area contributed by atoms with Crippen LogP contribution >= 0.6 is 0 Å². The molecular formula is C9H17N5O2. The van der Waals surface area contributed by atoms with Crippen LogP contribution in [-0.2, 0) is 6.54 Å². The molecule has 0 unspecified atom stereocenters. The normalized spacial score (nSPS) is 14.1. The third-order valence-corrected chi connectivity index (χ3v) is 2.10. The van der Waals surface area contributed by atoms with E-state index in [0.29, 0.717) is 24.7 Å². The highest BCUT2D eigenvalue weighted by molar-refractivity contribution is 5.79. The summed E-state index contributed by atoms with van der Waals surface area (Å²) in [4.78, 5) is 7.95. The molecule has 0 bridgehead atoms. The van der Waals surface area contributed by atoms with E-state index in [9.17, 15) is 0 Å². The molecular weight excluding hydrogens is 210 g/mol. The molecule has 16 heavy (non-hydrogen) atoms. The first-order valence-electron chi connectivity index (χ1n) is 5.07. The van der Waals surface area contributed by atoms with Crippen LogP contribution < -0.4 is 5.73 Å². The highest BCUT2D eigenvalue weighted by Crippen LogP contribution is 2.11. The maximum Gasteiger partial charge on any atom is 0.249 e. The fourth-order valence-corrected chi connectivity index (χ4v) is 1.30. The monoisotopic (exact) mass is 227 g/mol. The number of hydrogen-bond donors (Lipinski definition) is 3. The highest BCUT2D eigenvalue weighted by atomic mass is 16.3. The Morgan fingerprint density at radius 1 is 1.62 bits per heavy atom. The van der Waals surface area contributed by atoms with Crippen molar-refractivity contribution in [3.8, 4) is 0 Å². The van der Waals surface area contributed by atoms with Crippen LogP contribution in [0.1, 0.15) is 13.3 Å². The third kappa shape index (κ3) is 3.59. The zero-order valence-electron chi connectivity index (χ0n) is 9.24. The van der Waals surface area contributed by atoms with Gasteiger partial charge in [-0.05, 0) is 13.3 Å². The van der Waals surface area contributed by atoms with Crippen LogP contribution in [0.3, 0.4) is 0 Å². The predicted molar refractivity (Wildman–Crippen MR) is 59.3 cm³/mol. The van der Waals surface area contributed by atoms with Crippen LogP contribution in [0.2, 0.25) is 0 Å². The molecule has 1 heterocycles. The van der Waals surface area contributed by atoms with E-state index in [1.807, 2.05) is 0 Å². The molecule has 0 spiro atoms. The van der Waals surface area contributed by atoms with Crippen molar-refractivity contribution >= 4 is 11.8 Å². The van der Waals surface area contributed by atoms with Gasteiger partial charge in [0.05, 0.1) is 5.84 Å². The van der Waals surface area contributed by atoms with Crippen molar-refractivity contribution in [2.24, 2.45) is 16.6 Å². The Kier molecular flexibility index (Phi) is 4.87. The SMILES string of the molecule is C/C(N)=N/c1ncnn1C[C@H](CO)CCO. The average molecular weight is 227 g/mol. The minimum absolute atomic E-state index is 0.00875. The highest BCUT2D eigenvalue weighted by Gasteiger charge is 2.11. The summed E-state index contributed by atoms with van der Waals surface area (Å²) in [6, 6.07) is 0. The van der Waals surface area contributed by atoms with Crippen LogP contribution in [0, 0.1) is 5.92 Å². The Labute approximate surface area is 93.6 Å². The number of aliphatic hydroxyl groups is 2. The van der Waals surface area contributed by atoms with Gasteiger partial charge >= 0.3 is 0 Å². The fourth-order valence-electron chi connectivity index (χ4n) is 1.30. The molecule has 1 atom stereocenters. The van der Waals surface area contributed by atoms with Crippen LogP contribution in [0.15, 0.2) is 11.3 Å². The van der Waals surface area contributed by atoms with Crippen molar-refractivity contribution in [2.75, 3.05) is 13.2 Å². The number of rotatable bonds is 6. The summed E-state index contributed by atoms with van der Waals surface area (Å²) in [6.07, 6.45) is 1.90. The first-order valence-corrected chi connectivity index (χ1v) is 5.07. The standard InChI is InChI=1S/C9H17N5O2/c1-7(10)13-9-11-6-12-14(9)4-8(5-16)2-3-15/h6,8,15-16H,2-5H2,1H3,(H2,10,11,12,13)/t8-/m1/s1. The molecule has 90 valence electrons. The van der Waals surface area contributed by atoms with E-state index in [1.54, 1.807) is 11.6 Å². The number of aliphatic hydroxyl groups excluding tert-OH is 2. The van der Waals surface area contributed by atoms with Crippen LogP contribution in [0.4, 0.5) is 5.95 Å². The Morgan fingerprint density at radius 2 is 2.38 bits per heavy atom. The quantitative estimate of drug-likeness (QED) is 0.439. The van der Waals surface area contributed by atoms with Crippen LogP contribution in [0.5, 0.6) is 0 Å². The van der Waals surface area contributed by atoms with Gasteiger partial charge in [0, 0.05) is 25.7 Å². The Morgan fingerprint density at radius 3 is 2.94 bits per heavy atom. The molecule has 7 nitrogen and oxygen atoms in total. The zero-order chi connectivity index (χ0) is 12.0. The maximum absolute atomic E-state index is 9.10. The molecule has 0 aliphatic heterocycles. The van der Waals surface area contributed by atoms with Gasteiger partial charge in [0.1, 0.15) is 6.33 Å². The first kappa shape index (κ1) is 12.6. The Bertz CT molecular complexity index is 345. The fraction of sp³-hybridized carbons (Fsp3) is 0.667. The van der Waals surface area contributed by atoms with Crippen LogP contribution in [-0.4, -0.2) is 44.0 Å². The molecule has 7 heteroatoms. The van der Waals surface area contributed by atoms with Gasteiger partial charge in [-0.15, -0.1) is 0 Å². The van der Waals surface area contributed by atoms with Gasteiger partial charge in [0.2, 0.25) is 5.95 Å². The summed E-state index contributed by atoms with van der Waals surface area (Å²) in [5.74, 6) is 0.757. The maximum atomic E-state index is 9.10. The van der Waals surface area contributed by atoms with E-state index in [-0.39, 0.29) is 19.1 Å². The van der Waals surface area contributed by atoms with Crippen molar-refractivity contribution in [1.29, 1.82) is 0 Å². The lowest BCUT2D eigenvalue weighted by Gasteiger charge is -2.12. The summed E-state index contributed by atoms with van der Waals surface area (Å²) in [5.41, 5.74) is 5.45. The van der Waals surface area contributed by atoms with Gasteiger partial charge in [-0.3, -0.25) is 0 Å². The topological polar surface area (TPSA) is 110 Å². The molecule has 0 radical (unpaired) electrons. The second kappa shape index (κ2) is 6.19. The minimum atomic E-state index is -0.0567. The van der Waals surface area contributed by atoms with E-state index in [0.717, 1.165) is 0 Å². The second-order valence-electron chi connectivity index (χ2n) is 3.56. The lowest BCUT2D eigenvalue weighted by molar-refractivity contribution is 0.168. The third-order valence-electron chi connectivity index (χ3n) is 2.10. The van der Waals surface area contributed by atoms with E-state index in [4.69, 9.17) is 15.9 Å². The molecule has 0 aliphatic carbocycles. The number of hydrogen-bond acceptors (Lipinski definition) is 5. The van der Waals surface area contributed by atoms with Gasteiger partial charge in [-0.25, -0.2) is 4.68 Å². The van der Waals surface area contributed by atoms with Gasteiger partial charge < -0.3 is 15.9 Å². The lowest BCUT2D eigenvalue weighted by atomic mass is 10.1. The van der Waals surface area contributed by atoms with Crippen molar-refractivity contribution < 1.29 is 10.2 Å². The Hall–Kier alpha value is -1.47. The van der Waals surface area contributed by atoms with E-state index < -0.39 is 0 Å². The molecule has 0 saturated heterocycles. The smallest absolute Gasteiger partial charge is 0.249 e. The number of aliphatic imine (C=N–C) groups is 1. The summed E-state index contributed by atoms with van der Waals surface area (Å²) in [6.45, 7) is 2.15. The summed E-state index contributed by atoms with van der Waals surface area (Å²) < 4.78 is 1.56. The first-order chi connectivity index (χ1) is 7.67.